The first kappa shape index (κ1) is 11.2. The molecule has 6 heteroatoms. The van der Waals surface area contributed by atoms with E-state index in [2.05, 4.69) is 0 Å². The Kier molecular flexibility index (Phi) is 3.66. The molecule has 0 bridgehead atoms. The number of halogens is 2. The van der Waals surface area contributed by atoms with Gasteiger partial charge >= 0.3 is 0 Å². The lowest BCUT2D eigenvalue weighted by Crippen LogP contribution is -1.97. The first-order valence-corrected chi connectivity index (χ1v) is 5.14. The number of benzene rings is 1. The maximum atomic E-state index is 10.6. The lowest BCUT2D eigenvalue weighted by molar-refractivity contribution is -0.385. The molecule has 0 radical (unpaired) electrons. The lowest BCUT2D eigenvalue weighted by atomic mass is 10.1. The lowest BCUT2D eigenvalue weighted by Gasteiger charge is -2.01. The quantitative estimate of drug-likeness (QED) is 0.364. The van der Waals surface area contributed by atoms with Crippen LogP contribution in [0, 0.1) is 25.0 Å². The molecule has 0 atom stereocenters. The third kappa shape index (κ3) is 2.13. The highest BCUT2D eigenvalue weighted by molar-refractivity contribution is 14.1. The molecule has 4 nitrogen and oxygen atoms in total. The molecular weight excluding hydrogens is 318 g/mol. The van der Waals surface area contributed by atoms with Crippen molar-refractivity contribution in [1.29, 1.82) is 5.26 Å². The molecule has 1 aromatic rings. The number of hydrogen-bond acceptors (Lipinski definition) is 3. The Bertz CT molecular complexity index is 428. The van der Waals surface area contributed by atoms with Crippen molar-refractivity contribution >= 4 is 39.9 Å². The van der Waals surface area contributed by atoms with Crippen LogP contribution in [0.15, 0.2) is 12.1 Å². The Morgan fingerprint density at radius 3 is 2.71 bits per heavy atom. The first-order valence-electron chi connectivity index (χ1n) is 3.53. The average molecular weight is 322 g/mol. The summed E-state index contributed by atoms with van der Waals surface area (Å²) in [4.78, 5) is 10.0. The van der Waals surface area contributed by atoms with Gasteiger partial charge in [-0.15, -0.1) is 11.6 Å². The van der Waals surface area contributed by atoms with Gasteiger partial charge in [0.15, 0.2) is 0 Å². The van der Waals surface area contributed by atoms with Crippen molar-refractivity contribution < 1.29 is 4.92 Å². The highest BCUT2D eigenvalue weighted by Crippen LogP contribution is 2.25. The van der Waals surface area contributed by atoms with Crippen molar-refractivity contribution in [2.24, 2.45) is 0 Å². The second-order valence-corrected chi connectivity index (χ2v) is 3.97. The van der Waals surface area contributed by atoms with Crippen LogP contribution in [0.3, 0.4) is 0 Å². The predicted molar refractivity (Wildman–Crippen MR) is 60.1 cm³/mol. The van der Waals surface area contributed by atoms with Gasteiger partial charge in [-0.1, -0.05) is 0 Å². The van der Waals surface area contributed by atoms with Gasteiger partial charge in [0.05, 0.1) is 4.92 Å². The molecule has 0 unspecified atom stereocenters. The molecular formula is C8H4ClIN2O2. The van der Waals surface area contributed by atoms with Gasteiger partial charge in [0, 0.05) is 15.5 Å². The fraction of sp³-hybridized carbons (Fsp3) is 0.125. The minimum absolute atomic E-state index is 0.0467. The molecule has 0 aliphatic rings. The predicted octanol–water partition coefficient (Wildman–Crippen LogP) is 2.81. The van der Waals surface area contributed by atoms with E-state index in [4.69, 9.17) is 16.9 Å². The van der Waals surface area contributed by atoms with Gasteiger partial charge in [-0.3, -0.25) is 10.1 Å². The van der Waals surface area contributed by atoms with Crippen molar-refractivity contribution in [2.45, 2.75) is 5.88 Å². The topological polar surface area (TPSA) is 66.9 Å². The number of nitrogens with zero attached hydrogens (tertiary/aromatic N) is 2. The van der Waals surface area contributed by atoms with E-state index in [0.717, 1.165) is 0 Å². The van der Waals surface area contributed by atoms with Crippen molar-refractivity contribution in [3.05, 3.63) is 36.9 Å². The maximum Gasteiger partial charge on any atom is 0.288 e. The summed E-state index contributed by atoms with van der Waals surface area (Å²) in [7, 11) is 0. The monoisotopic (exact) mass is 322 g/mol. The molecule has 0 aromatic heterocycles. The Hall–Kier alpha value is -0.870. The molecule has 1 rings (SSSR count). The molecule has 0 spiro atoms. The van der Waals surface area contributed by atoms with Gasteiger partial charge in [0.1, 0.15) is 11.6 Å². The molecule has 0 fully saturated rings. The number of alkyl halides is 1. The fourth-order valence-electron chi connectivity index (χ4n) is 1.03. The number of nitriles is 1. The molecule has 0 saturated carbocycles. The third-order valence-electron chi connectivity index (χ3n) is 1.62. The molecule has 14 heavy (non-hydrogen) atoms. The standard InChI is InChI=1S/C8H4ClIN2O2/c9-3-5-1-6(10)2-8(12(13)14)7(5)4-11/h1-2H,3H2. The van der Waals surface area contributed by atoms with Crippen LogP contribution in [0.25, 0.3) is 0 Å². The molecule has 0 N–H and O–H groups in total. The van der Waals surface area contributed by atoms with Crippen LogP contribution in [0.5, 0.6) is 0 Å². The normalized spacial score (nSPS) is 9.50. The van der Waals surface area contributed by atoms with E-state index in [0.29, 0.717) is 9.13 Å². The molecule has 0 amide bonds. The van der Waals surface area contributed by atoms with E-state index in [-0.39, 0.29) is 17.1 Å². The zero-order valence-electron chi connectivity index (χ0n) is 6.83. The summed E-state index contributed by atoms with van der Waals surface area (Å²) in [5.74, 6) is 0.0978. The second kappa shape index (κ2) is 4.57. The Morgan fingerprint density at radius 2 is 2.29 bits per heavy atom. The highest BCUT2D eigenvalue weighted by Gasteiger charge is 2.18. The maximum absolute atomic E-state index is 10.6. The Labute approximate surface area is 98.8 Å². The first-order chi connectivity index (χ1) is 6.60. The van der Waals surface area contributed by atoms with Gasteiger partial charge in [0.2, 0.25) is 0 Å². The second-order valence-electron chi connectivity index (χ2n) is 2.46. The van der Waals surface area contributed by atoms with Crippen molar-refractivity contribution in [1.82, 2.24) is 0 Å². The van der Waals surface area contributed by atoms with Gasteiger partial charge in [-0.05, 0) is 34.2 Å². The summed E-state index contributed by atoms with van der Waals surface area (Å²) >= 11 is 7.53. The largest absolute Gasteiger partial charge is 0.288 e. The van der Waals surface area contributed by atoms with Crippen molar-refractivity contribution in [3.8, 4) is 6.07 Å². The van der Waals surface area contributed by atoms with E-state index in [9.17, 15) is 10.1 Å². The van der Waals surface area contributed by atoms with Crippen LogP contribution < -0.4 is 0 Å². The van der Waals surface area contributed by atoms with Crippen molar-refractivity contribution in [2.75, 3.05) is 0 Å². The fourth-order valence-corrected chi connectivity index (χ4v) is 1.91. The molecule has 0 aliphatic carbocycles. The van der Waals surface area contributed by atoms with E-state index in [1.807, 2.05) is 22.6 Å². The number of nitro groups is 1. The van der Waals surface area contributed by atoms with E-state index >= 15 is 0 Å². The zero-order valence-corrected chi connectivity index (χ0v) is 9.74. The number of hydrogen-bond donors (Lipinski definition) is 0. The summed E-state index contributed by atoms with van der Waals surface area (Å²) in [6.45, 7) is 0. The van der Waals surface area contributed by atoms with Crippen LogP contribution in [-0.2, 0) is 5.88 Å². The number of rotatable bonds is 2. The molecule has 0 heterocycles. The van der Waals surface area contributed by atoms with Crippen LogP contribution in [0.1, 0.15) is 11.1 Å². The van der Waals surface area contributed by atoms with Crippen LogP contribution in [-0.4, -0.2) is 4.92 Å². The van der Waals surface area contributed by atoms with Crippen LogP contribution >= 0.6 is 34.2 Å². The Balaban J connectivity index is 3.49. The highest BCUT2D eigenvalue weighted by atomic mass is 127. The van der Waals surface area contributed by atoms with E-state index < -0.39 is 4.92 Å². The summed E-state index contributed by atoms with van der Waals surface area (Å²) in [6.07, 6.45) is 0. The molecule has 0 aliphatic heterocycles. The summed E-state index contributed by atoms with van der Waals surface area (Å²) in [6, 6.07) is 4.82. The van der Waals surface area contributed by atoms with Gasteiger partial charge in [0.25, 0.3) is 5.69 Å². The molecule has 72 valence electrons. The van der Waals surface area contributed by atoms with Crippen molar-refractivity contribution in [3.63, 3.8) is 0 Å². The smallest absolute Gasteiger partial charge is 0.258 e. The molecule has 0 saturated heterocycles. The van der Waals surface area contributed by atoms with E-state index in [1.165, 1.54) is 6.07 Å². The SMILES string of the molecule is N#Cc1c(CCl)cc(I)cc1[N+](=O)[O-]. The summed E-state index contributed by atoms with van der Waals surface area (Å²) in [5, 5.41) is 19.4. The van der Waals surface area contributed by atoms with Crippen LogP contribution in [0.2, 0.25) is 0 Å². The summed E-state index contributed by atoms with van der Waals surface area (Å²) in [5.41, 5.74) is 0.355. The van der Waals surface area contributed by atoms with Gasteiger partial charge in [-0.2, -0.15) is 5.26 Å². The molecule has 1 aromatic carbocycles. The van der Waals surface area contributed by atoms with E-state index in [1.54, 1.807) is 12.1 Å². The Morgan fingerprint density at radius 1 is 1.64 bits per heavy atom. The van der Waals surface area contributed by atoms with Gasteiger partial charge in [-0.25, -0.2) is 0 Å². The van der Waals surface area contributed by atoms with Crippen LogP contribution in [0.4, 0.5) is 5.69 Å². The average Bonchev–Trinajstić information content (AvgIpc) is 2.16. The zero-order chi connectivity index (χ0) is 10.7. The minimum atomic E-state index is -0.573. The third-order valence-corrected chi connectivity index (χ3v) is 2.53. The number of nitro benzene ring substituents is 1. The minimum Gasteiger partial charge on any atom is -0.258 e. The summed E-state index contributed by atoms with van der Waals surface area (Å²) < 4.78 is 0.698. The van der Waals surface area contributed by atoms with Gasteiger partial charge < -0.3 is 0 Å².